The van der Waals surface area contributed by atoms with Crippen LogP contribution in [0.3, 0.4) is 0 Å². The zero-order valence-corrected chi connectivity index (χ0v) is 8.72. The molecule has 90 valence electrons. The van der Waals surface area contributed by atoms with E-state index in [1.807, 2.05) is 0 Å². The Morgan fingerprint density at radius 2 is 1.82 bits per heavy atom. The van der Waals surface area contributed by atoms with E-state index in [-0.39, 0.29) is 5.56 Å². The van der Waals surface area contributed by atoms with Crippen LogP contribution in [0.4, 0.5) is 13.2 Å². The van der Waals surface area contributed by atoms with Gasteiger partial charge in [0, 0.05) is 12.4 Å². The molecule has 1 heterocycles. The molecule has 0 bridgehead atoms. The number of halogens is 3. The van der Waals surface area contributed by atoms with Gasteiger partial charge in [0.05, 0.1) is 5.69 Å². The number of rotatable bonds is 2. The third kappa shape index (κ3) is 2.47. The van der Waals surface area contributed by atoms with Crippen molar-refractivity contribution >= 4 is 0 Å². The number of hydrogen-bond acceptors (Lipinski definition) is 2. The number of aromatic nitrogens is 2. The van der Waals surface area contributed by atoms with Crippen molar-refractivity contribution in [2.45, 2.75) is 12.2 Å². The summed E-state index contributed by atoms with van der Waals surface area (Å²) in [5.41, 5.74) is 5.82. The van der Waals surface area contributed by atoms with Crippen LogP contribution in [0.1, 0.15) is 11.6 Å². The molecule has 0 fully saturated rings. The SMILES string of the molecule is NC(c1ccc(-n2cccn2)cc1)C(F)(F)F. The molecule has 1 aromatic heterocycles. The smallest absolute Gasteiger partial charge is 0.316 e. The summed E-state index contributed by atoms with van der Waals surface area (Å²) < 4.78 is 38.7. The van der Waals surface area contributed by atoms with Crippen LogP contribution < -0.4 is 5.73 Å². The first-order valence-electron chi connectivity index (χ1n) is 4.91. The second-order valence-electron chi connectivity index (χ2n) is 3.56. The summed E-state index contributed by atoms with van der Waals surface area (Å²) >= 11 is 0. The minimum absolute atomic E-state index is 0.0356. The lowest BCUT2D eigenvalue weighted by atomic mass is 10.1. The summed E-state index contributed by atoms with van der Waals surface area (Å²) in [7, 11) is 0. The van der Waals surface area contributed by atoms with Crippen molar-refractivity contribution in [1.82, 2.24) is 9.78 Å². The predicted octanol–water partition coefficient (Wildman–Crippen LogP) is 2.43. The normalized spacial score (nSPS) is 13.6. The Bertz CT molecular complexity index is 474. The lowest BCUT2D eigenvalue weighted by Crippen LogP contribution is -2.28. The van der Waals surface area contributed by atoms with E-state index in [1.165, 1.54) is 12.1 Å². The van der Waals surface area contributed by atoms with Crippen molar-refractivity contribution in [3.8, 4) is 5.69 Å². The zero-order chi connectivity index (χ0) is 12.5. The lowest BCUT2D eigenvalue weighted by Gasteiger charge is -2.16. The van der Waals surface area contributed by atoms with Crippen molar-refractivity contribution < 1.29 is 13.2 Å². The highest BCUT2D eigenvalue weighted by Gasteiger charge is 2.37. The second kappa shape index (κ2) is 4.21. The third-order valence-corrected chi connectivity index (χ3v) is 2.37. The van der Waals surface area contributed by atoms with Crippen LogP contribution in [-0.2, 0) is 0 Å². The Hall–Kier alpha value is -1.82. The van der Waals surface area contributed by atoms with Gasteiger partial charge in [0.25, 0.3) is 0 Å². The first-order valence-corrected chi connectivity index (χ1v) is 4.91. The maximum Gasteiger partial charge on any atom is 0.407 e. The number of hydrogen-bond donors (Lipinski definition) is 1. The van der Waals surface area contributed by atoms with Crippen molar-refractivity contribution in [3.63, 3.8) is 0 Å². The number of benzene rings is 1. The van der Waals surface area contributed by atoms with Crippen LogP contribution in [0, 0.1) is 0 Å². The summed E-state index contributed by atoms with van der Waals surface area (Å²) in [6, 6.07) is 5.59. The Morgan fingerprint density at radius 3 is 2.29 bits per heavy atom. The standard InChI is InChI=1S/C11H10F3N3/c12-11(13,14)10(15)8-2-4-9(5-3-8)17-7-1-6-16-17/h1-7,10H,15H2. The Kier molecular flexibility index (Phi) is 2.89. The van der Waals surface area contributed by atoms with Crippen molar-refractivity contribution in [2.75, 3.05) is 0 Å². The lowest BCUT2D eigenvalue weighted by molar-refractivity contribution is -0.149. The molecular weight excluding hydrogens is 231 g/mol. The van der Waals surface area contributed by atoms with E-state index in [4.69, 9.17) is 5.73 Å². The molecule has 1 aromatic carbocycles. The molecule has 2 aromatic rings. The summed E-state index contributed by atoms with van der Waals surface area (Å²) in [5.74, 6) is 0. The van der Waals surface area contributed by atoms with Crippen molar-refractivity contribution in [1.29, 1.82) is 0 Å². The van der Waals surface area contributed by atoms with Gasteiger partial charge < -0.3 is 5.73 Å². The molecule has 1 unspecified atom stereocenters. The number of alkyl halides is 3. The fourth-order valence-electron chi connectivity index (χ4n) is 1.44. The zero-order valence-electron chi connectivity index (χ0n) is 8.72. The molecule has 0 spiro atoms. The van der Waals surface area contributed by atoms with Gasteiger partial charge >= 0.3 is 6.18 Å². The molecule has 0 saturated heterocycles. The van der Waals surface area contributed by atoms with E-state index in [9.17, 15) is 13.2 Å². The van der Waals surface area contributed by atoms with Crippen LogP contribution in [0.25, 0.3) is 5.69 Å². The average Bonchev–Trinajstić information content (AvgIpc) is 2.80. The second-order valence-corrected chi connectivity index (χ2v) is 3.56. The minimum atomic E-state index is -4.42. The molecule has 3 nitrogen and oxygen atoms in total. The van der Waals surface area contributed by atoms with Gasteiger partial charge in [-0.25, -0.2) is 4.68 Å². The van der Waals surface area contributed by atoms with Gasteiger partial charge in [-0.1, -0.05) is 12.1 Å². The van der Waals surface area contributed by atoms with Gasteiger partial charge in [-0.2, -0.15) is 18.3 Å². The molecule has 17 heavy (non-hydrogen) atoms. The maximum atomic E-state index is 12.4. The molecule has 2 N–H and O–H groups in total. The van der Waals surface area contributed by atoms with Gasteiger partial charge in [-0.15, -0.1) is 0 Å². The van der Waals surface area contributed by atoms with Gasteiger partial charge in [0.15, 0.2) is 0 Å². The first kappa shape index (κ1) is 11.7. The van der Waals surface area contributed by atoms with E-state index in [2.05, 4.69) is 5.10 Å². The highest BCUT2D eigenvalue weighted by atomic mass is 19.4. The molecule has 0 saturated carbocycles. The number of nitrogens with two attached hydrogens (primary N) is 1. The molecule has 0 aliphatic carbocycles. The third-order valence-electron chi connectivity index (χ3n) is 2.37. The van der Waals surface area contributed by atoms with Gasteiger partial charge in [0.2, 0.25) is 0 Å². The first-order chi connectivity index (χ1) is 7.98. The molecule has 0 aliphatic rings. The maximum absolute atomic E-state index is 12.4. The van der Waals surface area contributed by atoms with Crippen LogP contribution in [0.15, 0.2) is 42.7 Å². The van der Waals surface area contributed by atoms with E-state index >= 15 is 0 Å². The van der Waals surface area contributed by atoms with Crippen LogP contribution >= 0.6 is 0 Å². The molecule has 6 heteroatoms. The predicted molar refractivity (Wildman–Crippen MR) is 56.5 cm³/mol. The topological polar surface area (TPSA) is 43.8 Å². The van der Waals surface area contributed by atoms with Crippen LogP contribution in [0.5, 0.6) is 0 Å². The molecule has 1 atom stereocenters. The van der Waals surface area contributed by atoms with Crippen LogP contribution in [-0.4, -0.2) is 16.0 Å². The van der Waals surface area contributed by atoms with Crippen molar-refractivity contribution in [3.05, 3.63) is 48.3 Å². The fraction of sp³-hybridized carbons (Fsp3) is 0.182. The largest absolute Gasteiger partial charge is 0.407 e. The van der Waals surface area contributed by atoms with Gasteiger partial charge in [-0.05, 0) is 23.8 Å². The van der Waals surface area contributed by atoms with Crippen LogP contribution in [0.2, 0.25) is 0 Å². The molecule has 0 radical (unpaired) electrons. The van der Waals surface area contributed by atoms with Gasteiger partial charge in [-0.3, -0.25) is 0 Å². The van der Waals surface area contributed by atoms with Crippen molar-refractivity contribution in [2.24, 2.45) is 5.73 Å². The van der Waals surface area contributed by atoms with Gasteiger partial charge in [0.1, 0.15) is 6.04 Å². The molecular formula is C11H10F3N3. The summed E-state index contributed by atoms with van der Waals surface area (Å²) in [5, 5.41) is 3.97. The van der Waals surface area contributed by atoms with E-state index in [0.29, 0.717) is 5.69 Å². The molecule has 0 amide bonds. The highest BCUT2D eigenvalue weighted by molar-refractivity contribution is 5.35. The Labute approximate surface area is 95.7 Å². The van der Waals surface area contributed by atoms with E-state index in [0.717, 1.165) is 0 Å². The summed E-state index contributed by atoms with van der Waals surface area (Å²) in [6.45, 7) is 0. The minimum Gasteiger partial charge on any atom is -0.316 e. The Balaban J connectivity index is 2.25. The monoisotopic (exact) mass is 241 g/mol. The Morgan fingerprint density at radius 1 is 1.18 bits per heavy atom. The molecule has 2 rings (SSSR count). The average molecular weight is 241 g/mol. The fourth-order valence-corrected chi connectivity index (χ4v) is 1.44. The number of nitrogens with zero attached hydrogens (tertiary/aromatic N) is 2. The highest BCUT2D eigenvalue weighted by Crippen LogP contribution is 2.30. The molecule has 0 aliphatic heterocycles. The summed E-state index contributed by atoms with van der Waals surface area (Å²) in [6.07, 6.45) is -1.12. The summed E-state index contributed by atoms with van der Waals surface area (Å²) in [4.78, 5) is 0. The van der Waals surface area contributed by atoms with E-state index in [1.54, 1.807) is 35.3 Å². The quantitative estimate of drug-likeness (QED) is 0.877. The van der Waals surface area contributed by atoms with E-state index < -0.39 is 12.2 Å².